The first kappa shape index (κ1) is 21.4. The summed E-state index contributed by atoms with van der Waals surface area (Å²) in [6.07, 6.45) is 0. The molecular weight excluding hydrogens is 402 g/mol. The van der Waals surface area contributed by atoms with Crippen LogP contribution in [0.25, 0.3) is 0 Å². The number of amides is 1. The third-order valence-corrected chi connectivity index (χ3v) is 4.91. The molecule has 3 rings (SSSR count). The Balaban J connectivity index is 1.56. The van der Waals surface area contributed by atoms with Crippen molar-refractivity contribution in [2.45, 2.75) is 20.8 Å². The molecule has 1 N–H and O–H groups in total. The van der Waals surface area contributed by atoms with E-state index < -0.39 is 5.97 Å². The van der Waals surface area contributed by atoms with Gasteiger partial charge in [0.15, 0.2) is 6.61 Å². The molecule has 0 bridgehead atoms. The van der Waals surface area contributed by atoms with E-state index in [1.165, 1.54) is 0 Å². The van der Waals surface area contributed by atoms with Crippen molar-refractivity contribution in [2.75, 3.05) is 11.9 Å². The van der Waals surface area contributed by atoms with E-state index in [4.69, 9.17) is 21.1 Å². The topological polar surface area (TPSA) is 64.6 Å². The van der Waals surface area contributed by atoms with Crippen molar-refractivity contribution < 1.29 is 19.1 Å². The van der Waals surface area contributed by atoms with Crippen LogP contribution in [0.3, 0.4) is 0 Å². The van der Waals surface area contributed by atoms with Gasteiger partial charge in [0.25, 0.3) is 5.91 Å². The number of carbonyl (C=O) groups excluding carboxylic acids is 2. The molecule has 3 aromatic rings. The maximum atomic E-state index is 12.3. The fourth-order valence-electron chi connectivity index (χ4n) is 2.85. The molecule has 0 unspecified atom stereocenters. The largest absolute Gasteiger partial charge is 0.481 e. The van der Waals surface area contributed by atoms with Crippen LogP contribution in [0, 0.1) is 20.8 Å². The second kappa shape index (κ2) is 9.46. The first-order chi connectivity index (χ1) is 14.3. The van der Waals surface area contributed by atoms with Gasteiger partial charge in [-0.05, 0) is 86.0 Å². The molecule has 0 aromatic heterocycles. The minimum absolute atomic E-state index is 0.204. The predicted molar refractivity (Wildman–Crippen MR) is 118 cm³/mol. The molecule has 0 saturated carbocycles. The Morgan fingerprint density at radius 2 is 1.50 bits per heavy atom. The molecule has 5 nitrogen and oxygen atoms in total. The van der Waals surface area contributed by atoms with E-state index in [0.29, 0.717) is 27.8 Å². The Morgan fingerprint density at radius 1 is 0.867 bits per heavy atom. The molecule has 3 aromatic carbocycles. The molecule has 30 heavy (non-hydrogen) atoms. The quantitative estimate of drug-likeness (QED) is 0.420. The number of ether oxygens (including phenoxy) is 2. The van der Waals surface area contributed by atoms with Gasteiger partial charge >= 0.3 is 5.97 Å². The van der Waals surface area contributed by atoms with Crippen molar-refractivity contribution >= 4 is 29.2 Å². The number of hydrogen-bond acceptors (Lipinski definition) is 4. The third-order valence-electron chi connectivity index (χ3n) is 4.66. The maximum absolute atomic E-state index is 12.3. The summed E-state index contributed by atoms with van der Waals surface area (Å²) < 4.78 is 11.0. The van der Waals surface area contributed by atoms with Gasteiger partial charge in [-0.15, -0.1) is 0 Å². The minimum Gasteiger partial charge on any atom is -0.481 e. The molecule has 0 saturated heterocycles. The Bertz CT molecular complexity index is 1060. The molecule has 0 fully saturated rings. The molecule has 0 heterocycles. The maximum Gasteiger partial charge on any atom is 0.349 e. The molecular formula is C24H22ClNO4. The lowest BCUT2D eigenvalue weighted by Crippen LogP contribution is -2.18. The first-order valence-electron chi connectivity index (χ1n) is 9.41. The Labute approximate surface area is 180 Å². The molecule has 0 atom stereocenters. The Kier molecular flexibility index (Phi) is 6.75. The standard InChI is InChI=1S/C24H22ClNO4/c1-15-4-5-16(2)23(17(15)3)29-14-22(27)30-21-12-6-18(7-13-21)24(28)26-20-10-8-19(25)9-11-20/h4-13H,14H2,1-3H3,(H,26,28). The molecule has 1 amide bonds. The molecule has 0 aliphatic rings. The average Bonchev–Trinajstić information content (AvgIpc) is 2.73. The van der Waals surface area contributed by atoms with E-state index in [1.54, 1.807) is 48.5 Å². The van der Waals surface area contributed by atoms with Crippen molar-refractivity contribution in [2.24, 2.45) is 0 Å². The third kappa shape index (κ3) is 5.39. The molecule has 6 heteroatoms. The summed E-state index contributed by atoms with van der Waals surface area (Å²) in [5.41, 5.74) is 4.13. The van der Waals surface area contributed by atoms with Gasteiger partial charge in [-0.3, -0.25) is 4.79 Å². The Hall–Kier alpha value is -3.31. The number of aryl methyl sites for hydroxylation is 2. The van der Waals surface area contributed by atoms with E-state index in [-0.39, 0.29) is 12.5 Å². The fourth-order valence-corrected chi connectivity index (χ4v) is 2.98. The van der Waals surface area contributed by atoms with Gasteiger partial charge in [0.2, 0.25) is 0 Å². The second-order valence-corrected chi connectivity index (χ2v) is 7.34. The fraction of sp³-hybridized carbons (Fsp3) is 0.167. The molecule has 154 valence electrons. The number of halogens is 1. The van der Waals surface area contributed by atoms with Crippen molar-refractivity contribution in [3.8, 4) is 11.5 Å². The zero-order valence-electron chi connectivity index (χ0n) is 17.0. The highest BCUT2D eigenvalue weighted by molar-refractivity contribution is 6.30. The summed E-state index contributed by atoms with van der Waals surface area (Å²) in [6, 6.07) is 17.1. The molecule has 0 aliphatic heterocycles. The predicted octanol–water partition coefficient (Wildman–Crippen LogP) is 5.50. The lowest BCUT2D eigenvalue weighted by Gasteiger charge is -2.13. The van der Waals surface area contributed by atoms with Crippen LogP contribution in [0.5, 0.6) is 11.5 Å². The van der Waals surface area contributed by atoms with Gasteiger partial charge in [0.05, 0.1) is 0 Å². The van der Waals surface area contributed by atoms with Gasteiger partial charge in [-0.1, -0.05) is 23.7 Å². The minimum atomic E-state index is -0.520. The number of anilines is 1. The number of rotatable bonds is 6. The van der Waals surface area contributed by atoms with Crippen LogP contribution in [0.1, 0.15) is 27.0 Å². The monoisotopic (exact) mass is 423 g/mol. The molecule has 0 aliphatic carbocycles. The van der Waals surface area contributed by atoms with Gasteiger partial charge in [-0.25, -0.2) is 4.79 Å². The van der Waals surface area contributed by atoms with E-state index >= 15 is 0 Å². The van der Waals surface area contributed by atoms with Gasteiger partial charge in [-0.2, -0.15) is 0 Å². The molecule has 0 spiro atoms. The number of benzene rings is 3. The molecule has 0 radical (unpaired) electrons. The number of hydrogen-bond donors (Lipinski definition) is 1. The van der Waals surface area contributed by atoms with Crippen LogP contribution in [0.15, 0.2) is 60.7 Å². The summed E-state index contributed by atoms with van der Waals surface area (Å²) >= 11 is 5.84. The SMILES string of the molecule is Cc1ccc(C)c(OCC(=O)Oc2ccc(C(=O)Nc3ccc(Cl)cc3)cc2)c1C. The highest BCUT2D eigenvalue weighted by Gasteiger charge is 2.12. The van der Waals surface area contributed by atoms with E-state index in [0.717, 1.165) is 16.7 Å². The highest BCUT2D eigenvalue weighted by atomic mass is 35.5. The van der Waals surface area contributed by atoms with Gasteiger partial charge < -0.3 is 14.8 Å². The summed E-state index contributed by atoms with van der Waals surface area (Å²) in [7, 11) is 0. The van der Waals surface area contributed by atoms with Crippen molar-refractivity contribution in [3.05, 3.63) is 87.9 Å². The van der Waals surface area contributed by atoms with Crippen molar-refractivity contribution in [1.82, 2.24) is 0 Å². The van der Waals surface area contributed by atoms with Crippen LogP contribution in [0.2, 0.25) is 5.02 Å². The first-order valence-corrected chi connectivity index (χ1v) is 9.78. The zero-order valence-corrected chi connectivity index (χ0v) is 17.7. The van der Waals surface area contributed by atoms with Crippen LogP contribution in [-0.2, 0) is 4.79 Å². The van der Waals surface area contributed by atoms with E-state index in [9.17, 15) is 9.59 Å². The van der Waals surface area contributed by atoms with Crippen molar-refractivity contribution in [3.63, 3.8) is 0 Å². The zero-order chi connectivity index (χ0) is 21.7. The second-order valence-electron chi connectivity index (χ2n) is 6.90. The number of carbonyl (C=O) groups is 2. The van der Waals surface area contributed by atoms with Gasteiger partial charge in [0, 0.05) is 16.3 Å². The van der Waals surface area contributed by atoms with Crippen LogP contribution in [0.4, 0.5) is 5.69 Å². The van der Waals surface area contributed by atoms with E-state index in [2.05, 4.69) is 5.32 Å². The van der Waals surface area contributed by atoms with Crippen LogP contribution >= 0.6 is 11.6 Å². The number of esters is 1. The highest BCUT2D eigenvalue weighted by Crippen LogP contribution is 2.25. The summed E-state index contributed by atoms with van der Waals surface area (Å²) in [6.45, 7) is 5.67. The van der Waals surface area contributed by atoms with Gasteiger partial charge in [0.1, 0.15) is 11.5 Å². The smallest absolute Gasteiger partial charge is 0.349 e. The van der Waals surface area contributed by atoms with Crippen molar-refractivity contribution in [1.29, 1.82) is 0 Å². The normalized spacial score (nSPS) is 10.4. The lowest BCUT2D eigenvalue weighted by molar-refractivity contribution is -0.136. The Morgan fingerprint density at radius 3 is 2.17 bits per heavy atom. The summed E-state index contributed by atoms with van der Waals surface area (Å²) in [5.74, 6) is 0.239. The lowest BCUT2D eigenvalue weighted by atomic mass is 10.1. The van der Waals surface area contributed by atoms with Crippen LogP contribution in [-0.4, -0.2) is 18.5 Å². The number of nitrogens with one attached hydrogen (secondary N) is 1. The summed E-state index contributed by atoms with van der Waals surface area (Å²) in [4.78, 5) is 24.5. The summed E-state index contributed by atoms with van der Waals surface area (Å²) in [5, 5.41) is 3.37. The average molecular weight is 424 g/mol. The van der Waals surface area contributed by atoms with Crippen LogP contribution < -0.4 is 14.8 Å². The van der Waals surface area contributed by atoms with E-state index in [1.807, 2.05) is 32.9 Å².